The van der Waals surface area contributed by atoms with Crippen LogP contribution in [0.2, 0.25) is 0 Å². The number of rotatable bonds is 4. The molecule has 4 heteroatoms. The third kappa shape index (κ3) is 3.34. The van der Waals surface area contributed by atoms with E-state index in [1.807, 2.05) is 68.4 Å². The molecule has 2 heterocycles. The van der Waals surface area contributed by atoms with E-state index in [4.69, 9.17) is 4.42 Å². The van der Waals surface area contributed by atoms with Gasteiger partial charge in [0.05, 0.1) is 17.0 Å². The van der Waals surface area contributed by atoms with Crippen molar-refractivity contribution in [1.29, 1.82) is 0 Å². The summed E-state index contributed by atoms with van der Waals surface area (Å²) in [6.45, 7) is 4.46. The average Bonchev–Trinajstić information content (AvgIpc) is 3.05. The lowest BCUT2D eigenvalue weighted by atomic mass is 9.97. The Morgan fingerprint density at radius 1 is 0.871 bits per heavy atom. The van der Waals surface area contributed by atoms with E-state index >= 15 is 0 Å². The van der Waals surface area contributed by atoms with Crippen molar-refractivity contribution in [1.82, 2.24) is 4.90 Å². The summed E-state index contributed by atoms with van der Waals surface area (Å²) in [5.41, 5.74) is 4.96. The Labute approximate surface area is 180 Å². The van der Waals surface area contributed by atoms with E-state index in [-0.39, 0.29) is 17.1 Å². The van der Waals surface area contributed by atoms with Crippen molar-refractivity contribution in [2.45, 2.75) is 26.3 Å². The molecule has 154 valence electrons. The lowest BCUT2D eigenvalue weighted by Crippen LogP contribution is -2.31. The minimum atomic E-state index is -0.450. The van der Waals surface area contributed by atoms with Crippen LogP contribution in [0.3, 0.4) is 0 Å². The van der Waals surface area contributed by atoms with Crippen LogP contribution in [-0.4, -0.2) is 17.4 Å². The molecule has 4 nitrogen and oxygen atoms in total. The molecule has 0 unspecified atom stereocenters. The molecule has 0 N–H and O–H groups in total. The molecule has 0 saturated heterocycles. The van der Waals surface area contributed by atoms with Gasteiger partial charge in [0, 0.05) is 6.54 Å². The van der Waals surface area contributed by atoms with Crippen molar-refractivity contribution in [3.63, 3.8) is 0 Å². The van der Waals surface area contributed by atoms with Crippen LogP contribution in [0.15, 0.2) is 82.0 Å². The molecule has 31 heavy (non-hydrogen) atoms. The maximum absolute atomic E-state index is 13.5. The minimum absolute atomic E-state index is 0.127. The van der Waals surface area contributed by atoms with Crippen LogP contribution in [0, 0.1) is 13.8 Å². The fourth-order valence-corrected chi connectivity index (χ4v) is 4.35. The number of carbonyl (C=O) groups excluding carboxylic acids is 1. The monoisotopic (exact) mass is 409 g/mol. The van der Waals surface area contributed by atoms with Crippen molar-refractivity contribution >= 4 is 16.9 Å². The van der Waals surface area contributed by atoms with Gasteiger partial charge in [-0.25, -0.2) is 0 Å². The smallest absolute Gasteiger partial charge is 0.290 e. The molecule has 0 spiro atoms. The van der Waals surface area contributed by atoms with E-state index < -0.39 is 6.04 Å². The first-order valence-electron chi connectivity index (χ1n) is 10.5. The Hall–Kier alpha value is -3.66. The van der Waals surface area contributed by atoms with Crippen molar-refractivity contribution in [3.8, 4) is 0 Å². The van der Waals surface area contributed by atoms with Crippen LogP contribution in [0.25, 0.3) is 11.0 Å². The van der Waals surface area contributed by atoms with E-state index in [1.54, 1.807) is 11.0 Å². The highest BCUT2D eigenvalue weighted by Crippen LogP contribution is 2.38. The van der Waals surface area contributed by atoms with Gasteiger partial charge in [-0.05, 0) is 49.1 Å². The van der Waals surface area contributed by atoms with Gasteiger partial charge < -0.3 is 9.32 Å². The zero-order valence-electron chi connectivity index (χ0n) is 17.6. The largest absolute Gasteiger partial charge is 0.450 e. The third-order valence-electron chi connectivity index (χ3n) is 6.00. The Bertz CT molecular complexity index is 1340. The van der Waals surface area contributed by atoms with Gasteiger partial charge in [-0.3, -0.25) is 9.59 Å². The van der Waals surface area contributed by atoms with Crippen LogP contribution < -0.4 is 5.43 Å². The van der Waals surface area contributed by atoms with Crippen molar-refractivity contribution in [3.05, 3.63) is 117 Å². The van der Waals surface area contributed by atoms with E-state index in [0.29, 0.717) is 29.5 Å². The van der Waals surface area contributed by atoms with E-state index in [0.717, 1.165) is 22.3 Å². The average molecular weight is 409 g/mol. The number of benzene rings is 3. The lowest BCUT2D eigenvalue weighted by molar-refractivity contribution is 0.0730. The Morgan fingerprint density at radius 2 is 1.58 bits per heavy atom. The summed E-state index contributed by atoms with van der Waals surface area (Å²) < 4.78 is 6.04. The molecule has 0 aliphatic carbocycles. The van der Waals surface area contributed by atoms with Gasteiger partial charge in [0.2, 0.25) is 5.76 Å². The number of hydrogen-bond acceptors (Lipinski definition) is 3. The molecule has 1 aliphatic rings. The van der Waals surface area contributed by atoms with Gasteiger partial charge in [0.15, 0.2) is 5.43 Å². The van der Waals surface area contributed by atoms with Crippen molar-refractivity contribution < 1.29 is 9.21 Å². The van der Waals surface area contributed by atoms with E-state index in [2.05, 4.69) is 12.1 Å². The first-order chi connectivity index (χ1) is 15.0. The second-order valence-corrected chi connectivity index (χ2v) is 8.22. The number of nitrogens with zero attached hydrogens (tertiary/aromatic N) is 1. The summed E-state index contributed by atoms with van der Waals surface area (Å²) in [4.78, 5) is 28.7. The Morgan fingerprint density at radius 3 is 2.32 bits per heavy atom. The number of fused-ring (bicyclic) bond motifs is 2. The van der Waals surface area contributed by atoms with E-state index in [9.17, 15) is 9.59 Å². The molecule has 1 aromatic heterocycles. The number of amides is 1. The van der Waals surface area contributed by atoms with Crippen LogP contribution in [-0.2, 0) is 6.42 Å². The molecule has 1 amide bonds. The van der Waals surface area contributed by atoms with E-state index in [1.165, 1.54) is 0 Å². The molecule has 0 fully saturated rings. The SMILES string of the molecule is Cc1ccc([C@H]2c3c(oc4cc(C)ccc4c3=O)C(=O)N2CCc2ccccc2)cc1. The maximum Gasteiger partial charge on any atom is 0.290 e. The number of hydrogen-bond donors (Lipinski definition) is 0. The van der Waals surface area contributed by atoms with Crippen molar-refractivity contribution in [2.24, 2.45) is 0 Å². The fraction of sp³-hybridized carbons (Fsp3) is 0.185. The van der Waals surface area contributed by atoms with Gasteiger partial charge in [-0.15, -0.1) is 0 Å². The van der Waals surface area contributed by atoms with Gasteiger partial charge in [-0.2, -0.15) is 0 Å². The summed E-state index contributed by atoms with van der Waals surface area (Å²) in [5.74, 6) is -0.0567. The molecule has 0 saturated carbocycles. The zero-order valence-corrected chi connectivity index (χ0v) is 17.6. The normalized spacial score (nSPS) is 15.5. The summed E-state index contributed by atoms with van der Waals surface area (Å²) >= 11 is 0. The maximum atomic E-state index is 13.5. The molecule has 0 bridgehead atoms. The predicted molar refractivity (Wildman–Crippen MR) is 121 cm³/mol. The minimum Gasteiger partial charge on any atom is -0.450 e. The summed E-state index contributed by atoms with van der Waals surface area (Å²) in [7, 11) is 0. The topological polar surface area (TPSA) is 50.5 Å². The second kappa shape index (κ2) is 7.55. The molecule has 1 atom stereocenters. The van der Waals surface area contributed by atoms with Gasteiger partial charge in [-0.1, -0.05) is 66.2 Å². The van der Waals surface area contributed by atoms with Crippen LogP contribution in [0.4, 0.5) is 0 Å². The van der Waals surface area contributed by atoms with Crippen LogP contribution in [0.1, 0.15) is 44.4 Å². The summed E-state index contributed by atoms with van der Waals surface area (Å²) in [5, 5.41) is 0.513. The van der Waals surface area contributed by atoms with Gasteiger partial charge in [0.1, 0.15) is 5.58 Å². The first-order valence-corrected chi connectivity index (χ1v) is 10.5. The standard InChI is InChI=1S/C27H23NO3/c1-17-8-11-20(12-9-17)24-23-25(29)21-13-10-18(2)16-22(21)31-26(23)27(30)28(24)15-14-19-6-4-3-5-7-19/h3-13,16,24H,14-15H2,1-2H3/t24-/m0/s1. The second-order valence-electron chi connectivity index (χ2n) is 8.22. The lowest BCUT2D eigenvalue weighted by Gasteiger charge is -2.25. The summed E-state index contributed by atoms with van der Waals surface area (Å²) in [6, 6.07) is 23.1. The highest BCUT2D eigenvalue weighted by atomic mass is 16.3. The number of aryl methyl sites for hydroxylation is 2. The molecule has 5 rings (SSSR count). The van der Waals surface area contributed by atoms with Gasteiger partial charge >= 0.3 is 0 Å². The first kappa shape index (κ1) is 19.3. The molecule has 3 aromatic carbocycles. The molecule has 4 aromatic rings. The number of carbonyl (C=O) groups is 1. The quantitative estimate of drug-likeness (QED) is 0.466. The van der Waals surface area contributed by atoms with Crippen molar-refractivity contribution in [2.75, 3.05) is 6.54 Å². The third-order valence-corrected chi connectivity index (χ3v) is 6.00. The highest BCUT2D eigenvalue weighted by Gasteiger charge is 2.42. The van der Waals surface area contributed by atoms with Gasteiger partial charge in [0.25, 0.3) is 5.91 Å². The molecule has 0 radical (unpaired) electrons. The highest BCUT2D eigenvalue weighted by molar-refractivity contribution is 5.99. The predicted octanol–water partition coefficient (Wildman–Crippen LogP) is 5.20. The Kier molecular flexibility index (Phi) is 4.70. The molecular formula is C27H23NO3. The zero-order chi connectivity index (χ0) is 21.5. The fourth-order valence-electron chi connectivity index (χ4n) is 4.35. The Balaban J connectivity index is 1.65. The summed E-state index contributed by atoms with van der Waals surface area (Å²) in [6.07, 6.45) is 0.704. The van der Waals surface area contributed by atoms with Crippen LogP contribution in [0.5, 0.6) is 0 Å². The molecular weight excluding hydrogens is 386 g/mol. The molecule has 1 aliphatic heterocycles. The van der Waals surface area contributed by atoms with Crippen LogP contribution >= 0.6 is 0 Å².